The average Bonchev–Trinajstić information content (AvgIpc) is 2.02. The molecule has 0 saturated carbocycles. The highest BCUT2D eigenvalue weighted by Crippen LogP contribution is 2.24. The van der Waals surface area contributed by atoms with Gasteiger partial charge in [0.15, 0.2) is 0 Å². The maximum Gasteiger partial charge on any atom is 0.0959 e. The lowest BCUT2D eigenvalue weighted by atomic mass is 10.0. The minimum absolute atomic E-state index is 0.377. The van der Waals surface area contributed by atoms with Crippen LogP contribution in [0, 0.1) is 5.41 Å². The second kappa shape index (κ2) is 3.94. The summed E-state index contributed by atoms with van der Waals surface area (Å²) >= 11 is 1.82. The molecule has 0 radical (unpaired) electrons. The zero-order valence-electron chi connectivity index (χ0n) is 7.87. The third-order valence-electron chi connectivity index (χ3n) is 1.29. The fraction of sp³-hybridized carbons (Fsp3) is 0.500. The van der Waals surface area contributed by atoms with E-state index in [0.717, 1.165) is 10.8 Å². The monoisotopic (exact) mass is 181 g/mol. The normalized spacial score (nSPS) is 11.6. The van der Waals surface area contributed by atoms with E-state index in [1.54, 1.807) is 0 Å². The molecule has 0 N–H and O–H groups in total. The Morgan fingerprint density at radius 3 is 2.58 bits per heavy atom. The number of nitrogens with zero attached hydrogens (tertiary/aromatic N) is 1. The zero-order chi connectivity index (χ0) is 9.03. The summed E-state index contributed by atoms with van der Waals surface area (Å²) in [6.45, 7) is 6.72. The minimum atomic E-state index is 0.377. The van der Waals surface area contributed by atoms with Crippen molar-refractivity contribution >= 4 is 11.8 Å². The molecule has 0 amide bonds. The molecule has 1 rings (SSSR count). The van der Waals surface area contributed by atoms with E-state index in [2.05, 4.69) is 31.8 Å². The Labute approximate surface area is 78.6 Å². The maximum absolute atomic E-state index is 4.24. The lowest BCUT2D eigenvalue weighted by Crippen LogP contribution is -2.08. The summed E-state index contributed by atoms with van der Waals surface area (Å²) < 4.78 is 0. The van der Waals surface area contributed by atoms with E-state index >= 15 is 0 Å². The second-order valence-corrected chi connectivity index (χ2v) is 5.01. The predicted octanol–water partition coefficient (Wildman–Crippen LogP) is 3.22. The van der Waals surface area contributed by atoms with Crippen LogP contribution < -0.4 is 0 Å². The van der Waals surface area contributed by atoms with Gasteiger partial charge in [0.1, 0.15) is 0 Å². The number of aromatic nitrogens is 1. The molecule has 0 aromatic carbocycles. The van der Waals surface area contributed by atoms with Gasteiger partial charge in [-0.2, -0.15) is 0 Å². The molecule has 1 heterocycles. The minimum Gasteiger partial charge on any atom is -0.250 e. The number of pyridine rings is 1. The maximum atomic E-state index is 4.24. The van der Waals surface area contributed by atoms with Gasteiger partial charge in [0.25, 0.3) is 0 Å². The van der Waals surface area contributed by atoms with E-state index in [1.807, 2.05) is 30.1 Å². The SMILES string of the molecule is CC(C)(C)CSc1ccccn1. The molecule has 0 spiro atoms. The van der Waals surface area contributed by atoms with Gasteiger partial charge in [-0.1, -0.05) is 26.8 Å². The van der Waals surface area contributed by atoms with E-state index in [1.165, 1.54) is 0 Å². The summed E-state index contributed by atoms with van der Waals surface area (Å²) in [7, 11) is 0. The fourth-order valence-electron chi connectivity index (χ4n) is 0.723. The second-order valence-electron chi connectivity index (χ2n) is 4.02. The fourth-order valence-corrected chi connectivity index (χ4v) is 1.61. The predicted molar refractivity (Wildman–Crippen MR) is 54.4 cm³/mol. The van der Waals surface area contributed by atoms with Crippen LogP contribution >= 0.6 is 11.8 Å². The summed E-state index contributed by atoms with van der Waals surface area (Å²) in [5.74, 6) is 1.12. The van der Waals surface area contributed by atoms with Gasteiger partial charge in [-0.15, -0.1) is 11.8 Å². The van der Waals surface area contributed by atoms with Crippen LogP contribution in [-0.4, -0.2) is 10.7 Å². The number of hydrogen-bond donors (Lipinski definition) is 0. The van der Waals surface area contributed by atoms with E-state index in [-0.39, 0.29) is 0 Å². The molecule has 0 fully saturated rings. The van der Waals surface area contributed by atoms with Gasteiger partial charge in [-0.3, -0.25) is 0 Å². The van der Waals surface area contributed by atoms with E-state index < -0.39 is 0 Å². The van der Waals surface area contributed by atoms with Crippen molar-refractivity contribution in [1.29, 1.82) is 0 Å². The van der Waals surface area contributed by atoms with Crippen molar-refractivity contribution in [2.75, 3.05) is 5.75 Å². The molecule has 0 bridgehead atoms. The molecular formula is C10H15NS. The Kier molecular flexibility index (Phi) is 3.15. The molecule has 1 aromatic heterocycles. The quantitative estimate of drug-likeness (QED) is 0.650. The highest BCUT2D eigenvalue weighted by molar-refractivity contribution is 7.99. The molecule has 2 heteroatoms. The standard InChI is InChI=1S/C10H15NS/c1-10(2,3)8-12-9-6-4-5-7-11-9/h4-7H,8H2,1-3H3. The largest absolute Gasteiger partial charge is 0.250 e. The molecule has 12 heavy (non-hydrogen) atoms. The molecule has 0 aliphatic heterocycles. The number of rotatable bonds is 2. The van der Waals surface area contributed by atoms with Gasteiger partial charge in [0.05, 0.1) is 5.03 Å². The molecule has 0 atom stereocenters. The Morgan fingerprint density at radius 2 is 2.08 bits per heavy atom. The lowest BCUT2D eigenvalue weighted by Gasteiger charge is -2.16. The number of hydrogen-bond acceptors (Lipinski definition) is 2. The van der Waals surface area contributed by atoms with E-state index in [0.29, 0.717) is 5.41 Å². The van der Waals surface area contributed by atoms with Crippen LogP contribution in [0.15, 0.2) is 29.4 Å². The highest BCUT2D eigenvalue weighted by Gasteiger charge is 2.10. The smallest absolute Gasteiger partial charge is 0.0959 e. The third-order valence-corrected chi connectivity index (χ3v) is 2.84. The van der Waals surface area contributed by atoms with Crippen LogP contribution in [0.1, 0.15) is 20.8 Å². The van der Waals surface area contributed by atoms with Gasteiger partial charge in [-0.25, -0.2) is 4.98 Å². The number of thioether (sulfide) groups is 1. The van der Waals surface area contributed by atoms with Crippen LogP contribution in [0.25, 0.3) is 0 Å². The third kappa shape index (κ3) is 3.77. The van der Waals surface area contributed by atoms with Gasteiger partial charge >= 0.3 is 0 Å². The van der Waals surface area contributed by atoms with Crippen LogP contribution in [0.4, 0.5) is 0 Å². The average molecular weight is 181 g/mol. The Bertz CT molecular complexity index is 225. The summed E-state index contributed by atoms with van der Waals surface area (Å²) in [6, 6.07) is 6.02. The molecule has 0 aliphatic rings. The van der Waals surface area contributed by atoms with Crippen molar-refractivity contribution in [1.82, 2.24) is 4.98 Å². The van der Waals surface area contributed by atoms with Crippen LogP contribution in [0.3, 0.4) is 0 Å². The van der Waals surface area contributed by atoms with Crippen molar-refractivity contribution in [2.45, 2.75) is 25.8 Å². The zero-order valence-corrected chi connectivity index (χ0v) is 8.69. The van der Waals surface area contributed by atoms with Gasteiger partial charge in [0.2, 0.25) is 0 Å². The Balaban J connectivity index is 2.44. The molecule has 1 nitrogen and oxygen atoms in total. The van der Waals surface area contributed by atoms with E-state index in [9.17, 15) is 0 Å². The van der Waals surface area contributed by atoms with E-state index in [4.69, 9.17) is 0 Å². The van der Waals surface area contributed by atoms with Crippen LogP contribution in [-0.2, 0) is 0 Å². The van der Waals surface area contributed by atoms with Crippen molar-refractivity contribution in [3.63, 3.8) is 0 Å². The summed E-state index contributed by atoms with van der Waals surface area (Å²) in [5, 5.41) is 1.12. The van der Waals surface area contributed by atoms with Crippen molar-refractivity contribution < 1.29 is 0 Å². The van der Waals surface area contributed by atoms with Gasteiger partial charge in [-0.05, 0) is 17.5 Å². The molecule has 0 saturated heterocycles. The van der Waals surface area contributed by atoms with Gasteiger partial charge in [0, 0.05) is 11.9 Å². The first-order valence-corrected chi connectivity index (χ1v) is 5.10. The molecule has 66 valence electrons. The molecule has 1 aromatic rings. The van der Waals surface area contributed by atoms with Crippen molar-refractivity contribution in [3.05, 3.63) is 24.4 Å². The first-order valence-electron chi connectivity index (χ1n) is 4.12. The van der Waals surface area contributed by atoms with Crippen molar-refractivity contribution in [3.8, 4) is 0 Å². The van der Waals surface area contributed by atoms with Crippen LogP contribution in [0.5, 0.6) is 0 Å². The van der Waals surface area contributed by atoms with Crippen molar-refractivity contribution in [2.24, 2.45) is 5.41 Å². The molecular weight excluding hydrogens is 166 g/mol. The highest BCUT2D eigenvalue weighted by atomic mass is 32.2. The lowest BCUT2D eigenvalue weighted by molar-refractivity contribution is 0.480. The first-order chi connectivity index (χ1) is 5.58. The Morgan fingerprint density at radius 1 is 1.33 bits per heavy atom. The summed E-state index contributed by atoms with van der Waals surface area (Å²) in [4.78, 5) is 4.24. The first kappa shape index (κ1) is 9.59. The van der Waals surface area contributed by atoms with Gasteiger partial charge < -0.3 is 0 Å². The van der Waals surface area contributed by atoms with Crippen LogP contribution in [0.2, 0.25) is 0 Å². The molecule has 0 unspecified atom stereocenters. The summed E-state index contributed by atoms with van der Waals surface area (Å²) in [6.07, 6.45) is 1.84. The topological polar surface area (TPSA) is 12.9 Å². The summed E-state index contributed by atoms with van der Waals surface area (Å²) in [5.41, 5.74) is 0.377. The molecule has 0 aliphatic carbocycles. The Hall–Kier alpha value is -0.500.